The number of ether oxygens (including phenoxy) is 2. The lowest BCUT2D eigenvalue weighted by atomic mass is 9.80. The maximum atomic E-state index is 12.0. The molecule has 1 fully saturated rings. The molecule has 0 unspecified atom stereocenters. The molecule has 1 saturated heterocycles. The van der Waals surface area contributed by atoms with Gasteiger partial charge in [0.1, 0.15) is 16.8 Å². The summed E-state index contributed by atoms with van der Waals surface area (Å²) in [4.78, 5) is 23.3. The first-order chi connectivity index (χ1) is 14.6. The maximum Gasteiger partial charge on any atom is 0.407 e. The van der Waals surface area contributed by atoms with Gasteiger partial charge in [0.05, 0.1) is 6.20 Å². The number of rotatable bonds is 6. The minimum Gasteiger partial charge on any atom is -0.470 e. The van der Waals surface area contributed by atoms with Gasteiger partial charge >= 0.3 is 6.09 Å². The van der Waals surface area contributed by atoms with Crippen LogP contribution < -0.4 is 15.0 Å². The Morgan fingerprint density at radius 2 is 1.90 bits per heavy atom. The average molecular weight is 491 g/mol. The molecule has 3 rings (SSSR count). The summed E-state index contributed by atoms with van der Waals surface area (Å²) in [6.45, 7) is 10.4. The molecule has 0 radical (unpaired) electrons. The van der Waals surface area contributed by atoms with Gasteiger partial charge in [-0.1, -0.05) is 37.3 Å². The molecule has 1 aliphatic rings. The van der Waals surface area contributed by atoms with Crippen LogP contribution in [0.25, 0.3) is 0 Å². The van der Waals surface area contributed by atoms with E-state index in [0.29, 0.717) is 23.6 Å². The highest BCUT2D eigenvalue weighted by Gasteiger charge is 2.33. The Balaban J connectivity index is 1.59. The highest BCUT2D eigenvalue weighted by atomic mass is 79.9. The number of carbonyl (C=O) groups excluding carboxylic acids is 1. The molecule has 0 aliphatic carbocycles. The SMILES string of the molecule is CC1(CNC(=O)OC(C)(C)C)CCN(c2ncc(Br)nc2OCc2ccccc2)CC1. The number of hydrogen-bond donors (Lipinski definition) is 1. The third-order valence-corrected chi connectivity index (χ3v) is 5.62. The van der Waals surface area contributed by atoms with E-state index in [2.05, 4.69) is 43.0 Å². The third-order valence-electron chi connectivity index (χ3n) is 5.24. The lowest BCUT2D eigenvalue weighted by Crippen LogP contribution is -2.46. The Kier molecular flexibility index (Phi) is 7.41. The van der Waals surface area contributed by atoms with E-state index in [9.17, 15) is 4.79 Å². The second kappa shape index (κ2) is 9.85. The lowest BCUT2D eigenvalue weighted by Gasteiger charge is -2.40. The smallest absolute Gasteiger partial charge is 0.407 e. The molecule has 8 heteroatoms. The number of nitrogens with zero attached hydrogens (tertiary/aromatic N) is 3. The van der Waals surface area contributed by atoms with Gasteiger partial charge < -0.3 is 19.7 Å². The van der Waals surface area contributed by atoms with Crippen LogP contribution in [0, 0.1) is 5.41 Å². The van der Waals surface area contributed by atoms with Crippen molar-refractivity contribution in [1.82, 2.24) is 15.3 Å². The predicted octanol–water partition coefficient (Wildman–Crippen LogP) is 4.95. The van der Waals surface area contributed by atoms with Gasteiger partial charge in [0, 0.05) is 19.6 Å². The quantitative estimate of drug-likeness (QED) is 0.617. The van der Waals surface area contributed by atoms with Gasteiger partial charge in [0.15, 0.2) is 5.82 Å². The van der Waals surface area contributed by atoms with E-state index >= 15 is 0 Å². The normalized spacial score (nSPS) is 16.0. The largest absolute Gasteiger partial charge is 0.470 e. The summed E-state index contributed by atoms with van der Waals surface area (Å²) in [6, 6.07) is 10.0. The number of benzene rings is 1. The zero-order chi connectivity index (χ0) is 22.5. The number of amides is 1. The molecule has 0 saturated carbocycles. The monoisotopic (exact) mass is 490 g/mol. The van der Waals surface area contributed by atoms with Crippen molar-refractivity contribution in [3.63, 3.8) is 0 Å². The summed E-state index contributed by atoms with van der Waals surface area (Å²) < 4.78 is 12.0. The van der Waals surface area contributed by atoms with E-state index in [0.717, 1.165) is 37.3 Å². The van der Waals surface area contributed by atoms with Crippen molar-refractivity contribution in [2.24, 2.45) is 5.41 Å². The van der Waals surface area contributed by atoms with E-state index in [1.54, 1.807) is 6.20 Å². The summed E-state index contributed by atoms with van der Waals surface area (Å²) in [5.74, 6) is 1.27. The number of anilines is 1. The van der Waals surface area contributed by atoms with Crippen LogP contribution in [0.4, 0.5) is 10.6 Å². The first-order valence-corrected chi connectivity index (χ1v) is 11.3. The molecule has 1 aromatic heterocycles. The van der Waals surface area contributed by atoms with Crippen LogP contribution in [0.5, 0.6) is 5.88 Å². The van der Waals surface area contributed by atoms with Crippen molar-refractivity contribution < 1.29 is 14.3 Å². The number of halogens is 1. The summed E-state index contributed by atoms with van der Waals surface area (Å²) in [6.07, 6.45) is 3.16. The summed E-state index contributed by atoms with van der Waals surface area (Å²) >= 11 is 3.40. The number of alkyl carbamates (subject to hydrolysis) is 1. The number of nitrogens with one attached hydrogen (secondary N) is 1. The lowest BCUT2D eigenvalue weighted by molar-refractivity contribution is 0.0495. The Morgan fingerprint density at radius 3 is 2.55 bits per heavy atom. The first kappa shape index (κ1) is 23.3. The molecule has 1 N–H and O–H groups in total. The van der Waals surface area contributed by atoms with Gasteiger partial charge in [-0.3, -0.25) is 0 Å². The van der Waals surface area contributed by atoms with Crippen LogP contribution in [-0.2, 0) is 11.3 Å². The van der Waals surface area contributed by atoms with Crippen molar-refractivity contribution in [2.45, 2.75) is 52.7 Å². The van der Waals surface area contributed by atoms with Gasteiger partial charge in [0.2, 0.25) is 0 Å². The van der Waals surface area contributed by atoms with Crippen molar-refractivity contribution in [2.75, 3.05) is 24.5 Å². The number of piperidine rings is 1. The molecule has 0 atom stereocenters. The van der Waals surface area contributed by atoms with Gasteiger partial charge in [0.25, 0.3) is 5.88 Å². The topological polar surface area (TPSA) is 76.6 Å². The van der Waals surface area contributed by atoms with Gasteiger partial charge in [-0.2, -0.15) is 0 Å². The molecule has 0 bridgehead atoms. The Labute approximate surface area is 192 Å². The van der Waals surface area contributed by atoms with E-state index in [-0.39, 0.29) is 11.5 Å². The van der Waals surface area contributed by atoms with Crippen molar-refractivity contribution in [3.8, 4) is 5.88 Å². The van der Waals surface area contributed by atoms with E-state index in [1.165, 1.54) is 0 Å². The highest BCUT2D eigenvalue weighted by Crippen LogP contribution is 2.35. The zero-order valence-corrected chi connectivity index (χ0v) is 20.2. The van der Waals surface area contributed by atoms with Crippen molar-refractivity contribution >= 4 is 27.8 Å². The van der Waals surface area contributed by atoms with Crippen molar-refractivity contribution in [3.05, 3.63) is 46.7 Å². The summed E-state index contributed by atoms with van der Waals surface area (Å²) in [5, 5.41) is 2.92. The average Bonchev–Trinajstić information content (AvgIpc) is 2.71. The van der Waals surface area contributed by atoms with Crippen LogP contribution >= 0.6 is 15.9 Å². The molecule has 1 aliphatic heterocycles. The van der Waals surface area contributed by atoms with E-state index in [1.807, 2.05) is 51.1 Å². The third kappa shape index (κ3) is 7.09. The first-order valence-electron chi connectivity index (χ1n) is 10.5. The van der Waals surface area contributed by atoms with Gasteiger partial charge in [-0.25, -0.2) is 14.8 Å². The van der Waals surface area contributed by atoms with Crippen LogP contribution in [0.3, 0.4) is 0 Å². The predicted molar refractivity (Wildman–Crippen MR) is 124 cm³/mol. The molecular formula is C23H31BrN4O3. The van der Waals surface area contributed by atoms with Crippen LogP contribution in [0.15, 0.2) is 41.1 Å². The fraction of sp³-hybridized carbons (Fsp3) is 0.522. The van der Waals surface area contributed by atoms with Crippen molar-refractivity contribution in [1.29, 1.82) is 0 Å². The molecule has 2 heterocycles. The summed E-state index contributed by atoms with van der Waals surface area (Å²) in [7, 11) is 0. The van der Waals surface area contributed by atoms with Crippen LogP contribution in [0.1, 0.15) is 46.1 Å². The van der Waals surface area contributed by atoms with Crippen LogP contribution in [0.2, 0.25) is 0 Å². The number of aromatic nitrogens is 2. The molecule has 1 aromatic carbocycles. The standard InChI is InChI=1S/C23H31BrN4O3/c1-22(2,3)31-21(29)26-16-23(4)10-12-28(13-11-23)19-20(27-18(24)14-25-19)30-15-17-8-6-5-7-9-17/h5-9,14H,10-13,15-16H2,1-4H3,(H,26,29). The van der Waals surface area contributed by atoms with E-state index < -0.39 is 5.60 Å². The number of hydrogen-bond acceptors (Lipinski definition) is 6. The Morgan fingerprint density at radius 1 is 1.23 bits per heavy atom. The van der Waals surface area contributed by atoms with Gasteiger partial charge in [-0.15, -0.1) is 0 Å². The summed E-state index contributed by atoms with van der Waals surface area (Å²) in [5.41, 5.74) is 0.584. The maximum absolute atomic E-state index is 12.0. The minimum absolute atomic E-state index is 0.00125. The highest BCUT2D eigenvalue weighted by molar-refractivity contribution is 9.10. The van der Waals surface area contributed by atoms with Crippen LogP contribution in [-0.4, -0.2) is 41.3 Å². The molecule has 1 amide bonds. The number of carbonyl (C=O) groups is 1. The van der Waals surface area contributed by atoms with Gasteiger partial charge in [-0.05, 0) is 60.5 Å². The minimum atomic E-state index is -0.495. The molecule has 7 nitrogen and oxygen atoms in total. The molecule has 168 valence electrons. The second-order valence-corrected chi connectivity index (χ2v) is 10.1. The fourth-order valence-electron chi connectivity index (χ4n) is 3.42. The fourth-order valence-corrected chi connectivity index (χ4v) is 3.68. The van der Waals surface area contributed by atoms with E-state index in [4.69, 9.17) is 9.47 Å². The molecule has 2 aromatic rings. The Bertz CT molecular complexity index is 878. The molecule has 0 spiro atoms. The zero-order valence-electron chi connectivity index (χ0n) is 18.7. The Hall–Kier alpha value is -2.35. The second-order valence-electron chi connectivity index (χ2n) is 9.25. The molecule has 31 heavy (non-hydrogen) atoms. The molecular weight excluding hydrogens is 460 g/mol.